The van der Waals surface area contributed by atoms with Crippen molar-refractivity contribution in [1.29, 1.82) is 0 Å². The molecule has 0 atom stereocenters. The molecule has 0 heterocycles. The molecule has 1 aliphatic rings. The van der Waals surface area contributed by atoms with Crippen LogP contribution in [0.2, 0.25) is 0 Å². The smallest absolute Gasteiger partial charge is 0.258 e. The second kappa shape index (κ2) is 13.3. The number of nitrogens with one attached hydrogen (secondary N) is 2. The minimum atomic E-state index is -0.151. The first-order valence-corrected chi connectivity index (χ1v) is 12.7. The lowest BCUT2D eigenvalue weighted by atomic mass is 9.95. The highest BCUT2D eigenvalue weighted by molar-refractivity contribution is 9.10. The summed E-state index contributed by atoms with van der Waals surface area (Å²) in [6.07, 6.45) is 7.31. The van der Waals surface area contributed by atoms with Gasteiger partial charge in [-0.2, -0.15) is 5.10 Å². The number of carbonyl (C=O) groups is 2. The molecule has 0 aromatic heterocycles. The number of hydrogen-bond acceptors (Lipinski definition) is 5. The Morgan fingerprint density at radius 2 is 1.81 bits per heavy atom. The quantitative estimate of drug-likeness (QED) is 0.354. The highest BCUT2D eigenvalue weighted by Crippen LogP contribution is 2.21. The Labute approximate surface area is 201 Å². The Balaban J connectivity index is 1.33. The van der Waals surface area contributed by atoms with E-state index >= 15 is 0 Å². The van der Waals surface area contributed by atoms with Crippen LogP contribution in [0, 0.1) is 0 Å². The predicted octanol–water partition coefficient (Wildman–Crippen LogP) is 4.66. The molecule has 1 fully saturated rings. The van der Waals surface area contributed by atoms with Gasteiger partial charge in [-0.3, -0.25) is 9.59 Å². The number of halogens is 1. The number of hydrogen-bond donors (Lipinski definition) is 2. The van der Waals surface area contributed by atoms with Gasteiger partial charge in [0.25, 0.3) is 5.91 Å². The van der Waals surface area contributed by atoms with E-state index < -0.39 is 0 Å². The van der Waals surface area contributed by atoms with Crippen LogP contribution in [-0.2, 0) is 15.3 Å². The zero-order chi connectivity index (χ0) is 22.6. The van der Waals surface area contributed by atoms with Gasteiger partial charge in [0, 0.05) is 16.3 Å². The van der Waals surface area contributed by atoms with Crippen LogP contribution in [0.25, 0.3) is 0 Å². The molecule has 0 aliphatic heterocycles. The minimum Gasteiger partial charge on any atom is -0.484 e. The van der Waals surface area contributed by atoms with E-state index in [1.807, 2.05) is 36.4 Å². The second-order valence-corrected chi connectivity index (χ2v) is 9.48. The van der Waals surface area contributed by atoms with Crippen LogP contribution in [0.15, 0.2) is 58.1 Å². The first-order valence-electron chi connectivity index (χ1n) is 10.8. The van der Waals surface area contributed by atoms with Crippen molar-refractivity contribution in [1.82, 2.24) is 10.7 Å². The van der Waals surface area contributed by atoms with Gasteiger partial charge in [-0.15, -0.1) is 11.8 Å². The van der Waals surface area contributed by atoms with Gasteiger partial charge >= 0.3 is 0 Å². The molecular formula is C24H28BrN3O3S. The number of rotatable bonds is 10. The largest absolute Gasteiger partial charge is 0.484 e. The highest BCUT2D eigenvalue weighted by Gasteiger charge is 2.15. The Bertz CT molecular complexity index is 915. The van der Waals surface area contributed by atoms with Crippen molar-refractivity contribution in [2.45, 2.75) is 43.9 Å². The normalized spacial score (nSPS) is 14.3. The first kappa shape index (κ1) is 24.3. The van der Waals surface area contributed by atoms with Crippen molar-refractivity contribution in [3.8, 4) is 5.75 Å². The maximum absolute atomic E-state index is 12.0. The van der Waals surface area contributed by atoms with Gasteiger partial charge in [-0.1, -0.05) is 53.4 Å². The number of thioether (sulfide) groups is 1. The summed E-state index contributed by atoms with van der Waals surface area (Å²) in [5, 5.41) is 7.04. The Morgan fingerprint density at radius 3 is 2.56 bits per heavy atom. The van der Waals surface area contributed by atoms with E-state index in [4.69, 9.17) is 4.74 Å². The maximum Gasteiger partial charge on any atom is 0.258 e. The molecule has 8 heteroatoms. The summed E-state index contributed by atoms with van der Waals surface area (Å²) >= 11 is 5.04. The van der Waals surface area contributed by atoms with Crippen molar-refractivity contribution in [2.24, 2.45) is 5.10 Å². The summed E-state index contributed by atoms with van der Waals surface area (Å²) in [5.74, 6) is 1.46. The molecule has 6 nitrogen and oxygen atoms in total. The lowest BCUT2D eigenvalue weighted by Crippen LogP contribution is -2.38. The van der Waals surface area contributed by atoms with Crippen LogP contribution in [0.1, 0.15) is 43.2 Å². The molecule has 2 aromatic carbocycles. The standard InChI is InChI=1S/C24H28BrN3O3S/c25-22-9-5-4-6-19(22)16-32-17-24(30)28-26-14-18-10-12-21(13-11-18)31-15-23(29)27-20-7-2-1-3-8-20/h4-6,9-14,20H,1-3,7-8,15-17H2,(H,27,29)(H,28,30)/b26-14-. The Kier molecular flexibility index (Phi) is 10.1. The molecule has 2 N–H and O–H groups in total. The number of benzene rings is 2. The molecule has 0 spiro atoms. The van der Waals surface area contributed by atoms with Crippen molar-refractivity contribution >= 4 is 45.7 Å². The summed E-state index contributed by atoms with van der Waals surface area (Å²) in [6, 6.07) is 15.5. The molecule has 170 valence electrons. The fourth-order valence-corrected chi connectivity index (χ4v) is 4.83. The zero-order valence-electron chi connectivity index (χ0n) is 17.9. The second-order valence-electron chi connectivity index (χ2n) is 7.64. The summed E-state index contributed by atoms with van der Waals surface area (Å²) in [4.78, 5) is 24.0. The van der Waals surface area contributed by atoms with Crippen LogP contribution in [0.4, 0.5) is 0 Å². The van der Waals surface area contributed by atoms with E-state index in [1.165, 1.54) is 31.0 Å². The van der Waals surface area contributed by atoms with Gasteiger partial charge in [0.1, 0.15) is 5.75 Å². The van der Waals surface area contributed by atoms with Gasteiger partial charge in [-0.25, -0.2) is 5.43 Å². The monoisotopic (exact) mass is 517 g/mol. The molecule has 2 aromatic rings. The van der Waals surface area contributed by atoms with E-state index in [1.54, 1.807) is 18.3 Å². The van der Waals surface area contributed by atoms with Crippen molar-refractivity contribution < 1.29 is 14.3 Å². The van der Waals surface area contributed by atoms with E-state index in [9.17, 15) is 9.59 Å². The van der Waals surface area contributed by atoms with E-state index in [-0.39, 0.29) is 24.5 Å². The molecule has 1 saturated carbocycles. The summed E-state index contributed by atoms with van der Waals surface area (Å²) in [7, 11) is 0. The number of carbonyl (C=O) groups excluding carboxylic acids is 2. The number of hydrazone groups is 1. The van der Waals surface area contributed by atoms with E-state index in [0.717, 1.165) is 34.2 Å². The van der Waals surface area contributed by atoms with Crippen molar-refractivity contribution in [3.63, 3.8) is 0 Å². The summed E-state index contributed by atoms with van der Waals surface area (Å²) < 4.78 is 6.61. The van der Waals surface area contributed by atoms with Gasteiger partial charge in [0.05, 0.1) is 12.0 Å². The zero-order valence-corrected chi connectivity index (χ0v) is 20.3. The third-order valence-corrected chi connectivity index (χ3v) is 6.83. The molecule has 0 saturated heterocycles. The Hall–Kier alpha value is -2.32. The molecule has 1 aliphatic carbocycles. The molecule has 0 radical (unpaired) electrons. The lowest BCUT2D eigenvalue weighted by Gasteiger charge is -2.22. The topological polar surface area (TPSA) is 79.8 Å². The van der Waals surface area contributed by atoms with Gasteiger partial charge in [-0.05, 0) is 54.3 Å². The van der Waals surface area contributed by atoms with E-state index in [2.05, 4.69) is 31.8 Å². The van der Waals surface area contributed by atoms with Gasteiger partial charge < -0.3 is 10.1 Å². The van der Waals surface area contributed by atoms with Crippen LogP contribution in [0.3, 0.4) is 0 Å². The van der Waals surface area contributed by atoms with Gasteiger partial charge in [0.15, 0.2) is 6.61 Å². The number of nitrogens with zero attached hydrogens (tertiary/aromatic N) is 1. The molecule has 32 heavy (non-hydrogen) atoms. The minimum absolute atomic E-state index is 0.0111. The third-order valence-electron chi connectivity index (χ3n) is 5.07. The molecular weight excluding hydrogens is 490 g/mol. The SMILES string of the molecule is O=C(CSCc1ccccc1Br)N/N=C\c1ccc(OCC(=O)NC2CCCCC2)cc1. The Morgan fingerprint density at radius 1 is 1.06 bits per heavy atom. The molecule has 0 unspecified atom stereocenters. The van der Waals surface area contributed by atoms with Gasteiger partial charge in [0.2, 0.25) is 5.91 Å². The fraction of sp³-hybridized carbons (Fsp3) is 0.375. The molecule has 0 bridgehead atoms. The number of amides is 2. The number of ether oxygens (including phenoxy) is 1. The fourth-order valence-electron chi connectivity index (χ4n) is 3.40. The molecule has 2 amide bonds. The average molecular weight is 518 g/mol. The maximum atomic E-state index is 12.0. The predicted molar refractivity (Wildman–Crippen MR) is 133 cm³/mol. The van der Waals surface area contributed by atoms with Crippen LogP contribution < -0.4 is 15.5 Å². The third kappa shape index (κ3) is 8.67. The van der Waals surface area contributed by atoms with E-state index in [0.29, 0.717) is 11.5 Å². The first-order chi connectivity index (χ1) is 15.6. The highest BCUT2D eigenvalue weighted by atomic mass is 79.9. The molecule has 3 rings (SSSR count). The lowest BCUT2D eigenvalue weighted by molar-refractivity contribution is -0.124. The van der Waals surface area contributed by atoms with Crippen LogP contribution in [0.5, 0.6) is 5.75 Å². The van der Waals surface area contributed by atoms with Crippen molar-refractivity contribution in [3.05, 3.63) is 64.1 Å². The average Bonchev–Trinajstić information content (AvgIpc) is 2.80. The van der Waals surface area contributed by atoms with Crippen LogP contribution >= 0.6 is 27.7 Å². The van der Waals surface area contributed by atoms with Crippen LogP contribution in [-0.4, -0.2) is 36.4 Å². The summed E-state index contributed by atoms with van der Waals surface area (Å²) in [6.45, 7) is 0.0111. The van der Waals surface area contributed by atoms with Crippen molar-refractivity contribution in [2.75, 3.05) is 12.4 Å². The summed E-state index contributed by atoms with van der Waals surface area (Å²) in [5.41, 5.74) is 4.52.